The van der Waals surface area contributed by atoms with Gasteiger partial charge in [-0.25, -0.2) is 0 Å². The van der Waals surface area contributed by atoms with Crippen molar-refractivity contribution >= 4 is 16.8 Å². The molecule has 0 radical (unpaired) electrons. The lowest BCUT2D eigenvalue weighted by atomic mass is 9.93. The zero-order valence-corrected chi connectivity index (χ0v) is 13.0. The number of ether oxygens (including phenoxy) is 1. The Morgan fingerprint density at radius 2 is 1.95 bits per heavy atom. The largest absolute Gasteiger partial charge is 0.497 e. The van der Waals surface area contributed by atoms with E-state index < -0.39 is 0 Å². The van der Waals surface area contributed by atoms with Crippen LogP contribution in [0.3, 0.4) is 0 Å². The number of H-pyrrole nitrogens is 1. The number of piperidine rings is 1. The van der Waals surface area contributed by atoms with Crippen LogP contribution in [0.1, 0.15) is 37.3 Å². The summed E-state index contributed by atoms with van der Waals surface area (Å²) in [5, 5.41) is 1.20. The molecule has 1 aromatic carbocycles. The predicted octanol–water partition coefficient (Wildman–Crippen LogP) is 3.29. The third kappa shape index (κ3) is 2.47. The first kappa shape index (κ1) is 13.7. The molecule has 1 N–H and O–H groups in total. The van der Waals surface area contributed by atoms with Crippen LogP contribution in [0.5, 0.6) is 5.75 Å². The molecule has 4 heteroatoms. The molecular formula is C18H22N2O2. The minimum absolute atomic E-state index is 0.345. The standard InChI is InChI=1S/C18H22N2O2/c1-22-15-4-5-16-14(10-15)11-17(19-16)12-6-8-20(9-7-12)18(21)13-2-3-13/h4-5,10-13,19H,2-3,6-9H2,1H3. The van der Waals surface area contributed by atoms with Gasteiger partial charge in [0.15, 0.2) is 0 Å². The number of benzene rings is 1. The summed E-state index contributed by atoms with van der Waals surface area (Å²) in [5.74, 6) is 2.15. The molecule has 1 aromatic heterocycles. The highest BCUT2D eigenvalue weighted by Gasteiger charge is 2.35. The average Bonchev–Trinajstić information content (AvgIpc) is 3.32. The van der Waals surface area contributed by atoms with E-state index in [0.29, 0.717) is 17.7 Å². The zero-order valence-electron chi connectivity index (χ0n) is 13.0. The SMILES string of the molecule is COc1ccc2[nH]c(C3CCN(C(=O)C4CC4)CC3)cc2c1. The van der Waals surface area contributed by atoms with Gasteiger partial charge in [-0.3, -0.25) is 4.79 Å². The number of hydrogen-bond donors (Lipinski definition) is 1. The van der Waals surface area contributed by atoms with Gasteiger partial charge < -0.3 is 14.6 Å². The van der Waals surface area contributed by atoms with Gasteiger partial charge in [-0.2, -0.15) is 0 Å². The van der Waals surface area contributed by atoms with E-state index in [2.05, 4.69) is 28.1 Å². The molecule has 1 aliphatic heterocycles. The first-order valence-electron chi connectivity index (χ1n) is 8.20. The summed E-state index contributed by atoms with van der Waals surface area (Å²) in [6, 6.07) is 8.37. The maximum Gasteiger partial charge on any atom is 0.225 e. The molecule has 0 unspecified atom stereocenters. The van der Waals surface area contributed by atoms with Crippen molar-refractivity contribution in [3.8, 4) is 5.75 Å². The fraction of sp³-hybridized carbons (Fsp3) is 0.500. The molecule has 2 fully saturated rings. The van der Waals surface area contributed by atoms with Crippen molar-refractivity contribution in [2.24, 2.45) is 5.92 Å². The van der Waals surface area contributed by atoms with Crippen LogP contribution in [-0.2, 0) is 4.79 Å². The number of likely N-dealkylation sites (tertiary alicyclic amines) is 1. The molecule has 1 saturated heterocycles. The number of carbonyl (C=O) groups is 1. The quantitative estimate of drug-likeness (QED) is 0.945. The van der Waals surface area contributed by atoms with Crippen molar-refractivity contribution in [2.45, 2.75) is 31.6 Å². The van der Waals surface area contributed by atoms with Crippen molar-refractivity contribution in [2.75, 3.05) is 20.2 Å². The number of nitrogens with one attached hydrogen (secondary N) is 1. The molecule has 116 valence electrons. The van der Waals surface area contributed by atoms with Crippen LogP contribution in [0.25, 0.3) is 10.9 Å². The van der Waals surface area contributed by atoms with Crippen molar-refractivity contribution < 1.29 is 9.53 Å². The van der Waals surface area contributed by atoms with Crippen LogP contribution in [0.2, 0.25) is 0 Å². The zero-order chi connectivity index (χ0) is 15.1. The summed E-state index contributed by atoms with van der Waals surface area (Å²) in [6.45, 7) is 1.80. The van der Waals surface area contributed by atoms with Crippen LogP contribution in [-0.4, -0.2) is 36.0 Å². The lowest BCUT2D eigenvalue weighted by Gasteiger charge is -2.31. The lowest BCUT2D eigenvalue weighted by molar-refractivity contribution is -0.133. The molecular weight excluding hydrogens is 276 g/mol. The normalized spacial score (nSPS) is 19.6. The Bertz CT molecular complexity index is 694. The van der Waals surface area contributed by atoms with Crippen LogP contribution in [0, 0.1) is 5.92 Å². The molecule has 2 heterocycles. The second-order valence-corrected chi connectivity index (χ2v) is 6.55. The van der Waals surface area contributed by atoms with Crippen LogP contribution in [0.15, 0.2) is 24.3 Å². The van der Waals surface area contributed by atoms with Gasteiger partial charge in [-0.15, -0.1) is 0 Å². The number of amides is 1. The van der Waals surface area contributed by atoms with E-state index in [1.807, 2.05) is 6.07 Å². The Kier molecular flexibility index (Phi) is 3.32. The van der Waals surface area contributed by atoms with Gasteiger partial charge in [0, 0.05) is 41.5 Å². The van der Waals surface area contributed by atoms with Crippen molar-refractivity contribution in [3.63, 3.8) is 0 Å². The van der Waals surface area contributed by atoms with E-state index in [1.165, 1.54) is 11.1 Å². The fourth-order valence-corrected chi connectivity index (χ4v) is 3.48. The smallest absolute Gasteiger partial charge is 0.225 e. The summed E-state index contributed by atoms with van der Waals surface area (Å²) in [5.41, 5.74) is 2.45. The Balaban J connectivity index is 1.47. The third-order valence-corrected chi connectivity index (χ3v) is 5.02. The number of fused-ring (bicyclic) bond motifs is 1. The van der Waals surface area contributed by atoms with E-state index in [4.69, 9.17) is 4.74 Å². The predicted molar refractivity (Wildman–Crippen MR) is 86.1 cm³/mol. The number of aromatic nitrogens is 1. The third-order valence-electron chi connectivity index (χ3n) is 5.02. The molecule has 2 aliphatic rings. The molecule has 22 heavy (non-hydrogen) atoms. The van der Waals surface area contributed by atoms with Crippen molar-refractivity contribution in [1.82, 2.24) is 9.88 Å². The Hall–Kier alpha value is -1.97. The lowest BCUT2D eigenvalue weighted by Crippen LogP contribution is -2.38. The highest BCUT2D eigenvalue weighted by molar-refractivity contribution is 5.82. The van der Waals surface area contributed by atoms with E-state index >= 15 is 0 Å². The van der Waals surface area contributed by atoms with E-state index in [9.17, 15) is 4.79 Å². The van der Waals surface area contributed by atoms with Crippen LogP contribution in [0.4, 0.5) is 0 Å². The van der Waals surface area contributed by atoms with E-state index in [1.54, 1.807) is 7.11 Å². The molecule has 4 nitrogen and oxygen atoms in total. The molecule has 0 atom stereocenters. The molecule has 1 saturated carbocycles. The molecule has 1 amide bonds. The molecule has 1 aliphatic carbocycles. The molecule has 0 bridgehead atoms. The first-order chi connectivity index (χ1) is 10.7. The van der Waals surface area contributed by atoms with Gasteiger partial charge in [0.1, 0.15) is 5.75 Å². The second kappa shape index (κ2) is 5.34. The monoisotopic (exact) mass is 298 g/mol. The Labute approximate surface area is 130 Å². The van der Waals surface area contributed by atoms with Crippen LogP contribution < -0.4 is 4.74 Å². The van der Waals surface area contributed by atoms with E-state index in [0.717, 1.165) is 50.0 Å². The number of rotatable bonds is 3. The maximum absolute atomic E-state index is 12.1. The van der Waals surface area contributed by atoms with Gasteiger partial charge >= 0.3 is 0 Å². The van der Waals surface area contributed by atoms with Gasteiger partial charge in [0.05, 0.1) is 7.11 Å². The first-order valence-corrected chi connectivity index (χ1v) is 8.20. The second-order valence-electron chi connectivity index (χ2n) is 6.55. The number of methoxy groups -OCH3 is 1. The summed E-state index contributed by atoms with van der Waals surface area (Å²) < 4.78 is 5.29. The number of aromatic amines is 1. The average molecular weight is 298 g/mol. The van der Waals surface area contributed by atoms with Gasteiger partial charge in [0.2, 0.25) is 5.91 Å². The molecule has 2 aromatic rings. The minimum Gasteiger partial charge on any atom is -0.497 e. The maximum atomic E-state index is 12.1. The van der Waals surface area contributed by atoms with Crippen molar-refractivity contribution in [1.29, 1.82) is 0 Å². The fourth-order valence-electron chi connectivity index (χ4n) is 3.48. The minimum atomic E-state index is 0.345. The summed E-state index contributed by atoms with van der Waals surface area (Å²) in [7, 11) is 1.70. The van der Waals surface area contributed by atoms with E-state index in [-0.39, 0.29) is 0 Å². The Morgan fingerprint density at radius 1 is 1.18 bits per heavy atom. The van der Waals surface area contributed by atoms with Crippen molar-refractivity contribution in [3.05, 3.63) is 30.0 Å². The van der Waals surface area contributed by atoms with Gasteiger partial charge in [0.25, 0.3) is 0 Å². The van der Waals surface area contributed by atoms with Crippen LogP contribution >= 0.6 is 0 Å². The topological polar surface area (TPSA) is 45.3 Å². The number of nitrogens with zero attached hydrogens (tertiary/aromatic N) is 1. The summed E-state index contributed by atoms with van der Waals surface area (Å²) in [4.78, 5) is 17.7. The van der Waals surface area contributed by atoms with Gasteiger partial charge in [-0.1, -0.05) is 0 Å². The highest BCUT2D eigenvalue weighted by atomic mass is 16.5. The number of hydrogen-bond acceptors (Lipinski definition) is 2. The van der Waals surface area contributed by atoms with Gasteiger partial charge in [-0.05, 0) is 49.9 Å². The highest BCUT2D eigenvalue weighted by Crippen LogP contribution is 2.35. The molecule has 0 spiro atoms. The Morgan fingerprint density at radius 3 is 2.64 bits per heavy atom. The number of carbonyl (C=O) groups excluding carboxylic acids is 1. The molecule has 4 rings (SSSR count). The summed E-state index contributed by atoms with van der Waals surface area (Å²) in [6.07, 6.45) is 4.32. The summed E-state index contributed by atoms with van der Waals surface area (Å²) >= 11 is 0.